The normalized spacial score (nSPS) is 12.8. The Morgan fingerprint density at radius 1 is 0.297 bits per heavy atom. The summed E-state index contributed by atoms with van der Waals surface area (Å²) >= 11 is 0. The van der Waals surface area contributed by atoms with Gasteiger partial charge in [0, 0.05) is 44.6 Å². The molecule has 64 heavy (non-hydrogen) atoms. The molecule has 0 saturated heterocycles. The van der Waals surface area contributed by atoms with Crippen molar-refractivity contribution in [2.75, 3.05) is 9.80 Å². The molecule has 3 heteroatoms. The maximum Gasteiger partial charge on any atom is 0.125 e. The van der Waals surface area contributed by atoms with E-state index < -0.39 is 5.54 Å². The predicted octanol–water partition coefficient (Wildman–Crippen LogP) is 16.2. The quantitative estimate of drug-likeness (QED) is 0.151. The molecule has 0 aliphatic carbocycles. The second kappa shape index (κ2) is 15.5. The molecular weight excluding hydrogens is 775 g/mol. The van der Waals surface area contributed by atoms with Crippen molar-refractivity contribution in [3.63, 3.8) is 0 Å². The Bertz CT molecular complexity index is 3230. The zero-order valence-corrected chi connectivity index (χ0v) is 35.2. The molecule has 11 aromatic rings. The summed E-state index contributed by atoms with van der Waals surface area (Å²) in [4.78, 5) is 4.81. The maximum atomic E-state index is 2.61. The van der Waals surface area contributed by atoms with Crippen LogP contribution in [0.1, 0.15) is 16.7 Å². The van der Waals surface area contributed by atoms with Crippen molar-refractivity contribution in [1.29, 1.82) is 0 Å². The van der Waals surface area contributed by atoms with Gasteiger partial charge in [0.2, 0.25) is 0 Å². The van der Waals surface area contributed by atoms with Crippen LogP contribution < -0.4 is 9.80 Å². The van der Waals surface area contributed by atoms with E-state index in [2.05, 4.69) is 275 Å². The van der Waals surface area contributed by atoms with Crippen molar-refractivity contribution in [3.05, 3.63) is 278 Å². The lowest BCUT2D eigenvalue weighted by Crippen LogP contribution is -2.42. The van der Waals surface area contributed by atoms with E-state index in [-0.39, 0.29) is 0 Å². The Labute approximate surface area is 374 Å². The summed E-state index contributed by atoms with van der Waals surface area (Å²) in [5.74, 6) is 0. The minimum Gasteiger partial charge on any atom is -0.322 e. The number of anilines is 6. The fourth-order valence-corrected chi connectivity index (χ4v) is 10.2. The maximum absolute atomic E-state index is 2.61. The van der Waals surface area contributed by atoms with Gasteiger partial charge in [-0.3, -0.25) is 0 Å². The van der Waals surface area contributed by atoms with E-state index in [9.17, 15) is 0 Å². The lowest BCUT2D eigenvalue weighted by atomic mass is 9.72. The molecule has 302 valence electrons. The molecule has 0 saturated carbocycles. The van der Waals surface area contributed by atoms with Crippen LogP contribution in [-0.2, 0) is 5.54 Å². The predicted molar refractivity (Wildman–Crippen MR) is 268 cm³/mol. The molecule has 0 radical (unpaired) electrons. The van der Waals surface area contributed by atoms with Crippen molar-refractivity contribution in [2.24, 2.45) is 0 Å². The van der Waals surface area contributed by atoms with Crippen LogP contribution in [0.3, 0.4) is 0 Å². The molecule has 10 aromatic carbocycles. The summed E-state index contributed by atoms with van der Waals surface area (Å²) in [6.45, 7) is 0. The van der Waals surface area contributed by atoms with Crippen LogP contribution in [0.25, 0.3) is 44.1 Å². The van der Waals surface area contributed by atoms with Crippen LogP contribution in [0.2, 0.25) is 0 Å². The average Bonchev–Trinajstić information content (AvgIpc) is 3.72. The molecule has 1 aliphatic rings. The minimum absolute atomic E-state index is 0.692. The third-order valence-corrected chi connectivity index (χ3v) is 13.0. The number of fused-ring (bicyclic) bond motifs is 5. The van der Waals surface area contributed by atoms with E-state index in [1.807, 2.05) is 0 Å². The topological polar surface area (TPSA) is 11.4 Å². The first kappa shape index (κ1) is 37.4. The Morgan fingerprint density at radius 3 is 1.12 bits per heavy atom. The molecule has 0 N–H and O–H groups in total. The summed E-state index contributed by atoms with van der Waals surface area (Å²) in [6, 6.07) is 94.9. The summed E-state index contributed by atoms with van der Waals surface area (Å²) in [6.07, 6.45) is 0. The zero-order valence-electron chi connectivity index (χ0n) is 35.2. The van der Waals surface area contributed by atoms with E-state index in [0.29, 0.717) is 0 Å². The van der Waals surface area contributed by atoms with Gasteiger partial charge >= 0.3 is 0 Å². The summed E-state index contributed by atoms with van der Waals surface area (Å²) in [5, 5.41) is 2.49. The van der Waals surface area contributed by atoms with Crippen molar-refractivity contribution in [3.8, 4) is 22.3 Å². The molecule has 0 spiro atoms. The van der Waals surface area contributed by atoms with E-state index in [1.165, 1.54) is 60.8 Å². The molecule has 0 bridgehead atoms. The first-order chi connectivity index (χ1) is 31.8. The van der Waals surface area contributed by atoms with Gasteiger partial charge in [0.05, 0.1) is 22.4 Å². The van der Waals surface area contributed by atoms with Gasteiger partial charge in [-0.15, -0.1) is 0 Å². The number of hydrogen-bond acceptors (Lipinski definition) is 2. The van der Waals surface area contributed by atoms with Crippen molar-refractivity contribution in [1.82, 2.24) is 4.57 Å². The van der Waals surface area contributed by atoms with Crippen LogP contribution in [0.15, 0.2) is 261 Å². The smallest absolute Gasteiger partial charge is 0.125 e. The van der Waals surface area contributed by atoms with E-state index in [4.69, 9.17) is 0 Å². The van der Waals surface area contributed by atoms with Crippen LogP contribution in [0.4, 0.5) is 34.1 Å². The average molecular weight is 818 g/mol. The van der Waals surface area contributed by atoms with Gasteiger partial charge in [-0.2, -0.15) is 0 Å². The highest BCUT2D eigenvalue weighted by molar-refractivity contribution is 6.09. The summed E-state index contributed by atoms with van der Waals surface area (Å²) < 4.78 is 2.61. The molecule has 0 fully saturated rings. The lowest BCUT2D eigenvalue weighted by Gasteiger charge is -2.47. The van der Waals surface area contributed by atoms with E-state index >= 15 is 0 Å². The fourth-order valence-electron chi connectivity index (χ4n) is 10.2. The Kier molecular flexibility index (Phi) is 9.05. The van der Waals surface area contributed by atoms with Gasteiger partial charge in [-0.05, 0) is 101 Å². The highest BCUT2D eigenvalue weighted by Gasteiger charge is 2.47. The van der Waals surface area contributed by atoms with Crippen molar-refractivity contribution < 1.29 is 0 Å². The first-order valence-electron chi connectivity index (χ1n) is 22.0. The van der Waals surface area contributed by atoms with Crippen molar-refractivity contribution >= 4 is 55.9 Å². The number of rotatable bonds is 8. The second-order valence-corrected chi connectivity index (χ2v) is 16.5. The molecule has 1 aromatic heterocycles. The van der Waals surface area contributed by atoms with Crippen LogP contribution >= 0.6 is 0 Å². The van der Waals surface area contributed by atoms with Crippen LogP contribution in [-0.4, -0.2) is 4.57 Å². The number of nitrogens with zero attached hydrogens (tertiary/aromatic N) is 3. The first-order valence-corrected chi connectivity index (χ1v) is 22.0. The SMILES string of the molecule is c1ccc(-c2ccc(N(c3ccc(-c4ccccc4)cc3)c3ccc(N4c5ccccc5C(c5ccccc5)(n5c6ccccc6c6ccccc65)c5ccccc54)cc3)cc2)cc1. The highest BCUT2D eigenvalue weighted by atomic mass is 15.2. The monoisotopic (exact) mass is 817 g/mol. The molecule has 3 nitrogen and oxygen atoms in total. The minimum atomic E-state index is -0.692. The fraction of sp³-hybridized carbons (Fsp3) is 0.0164. The summed E-state index contributed by atoms with van der Waals surface area (Å²) in [5.41, 5.74) is 16.8. The molecule has 0 unspecified atom stereocenters. The largest absolute Gasteiger partial charge is 0.322 e. The Morgan fingerprint density at radius 2 is 0.656 bits per heavy atom. The van der Waals surface area contributed by atoms with Gasteiger partial charge in [0.1, 0.15) is 5.54 Å². The van der Waals surface area contributed by atoms with Gasteiger partial charge in [-0.25, -0.2) is 0 Å². The van der Waals surface area contributed by atoms with Gasteiger partial charge in [-0.1, -0.05) is 188 Å². The number of benzene rings is 10. The van der Waals surface area contributed by atoms with Crippen LogP contribution in [0, 0.1) is 0 Å². The third kappa shape index (κ3) is 5.97. The van der Waals surface area contributed by atoms with Gasteiger partial charge in [0.15, 0.2) is 0 Å². The Hall–Kier alpha value is -8.40. The lowest BCUT2D eigenvalue weighted by molar-refractivity contribution is 0.544. The molecule has 12 rings (SSSR count). The van der Waals surface area contributed by atoms with E-state index in [0.717, 1.165) is 34.1 Å². The number of aromatic nitrogens is 1. The molecule has 1 aliphatic heterocycles. The van der Waals surface area contributed by atoms with Crippen molar-refractivity contribution in [2.45, 2.75) is 5.54 Å². The number of hydrogen-bond donors (Lipinski definition) is 0. The van der Waals surface area contributed by atoms with Gasteiger partial charge < -0.3 is 14.4 Å². The number of para-hydroxylation sites is 4. The summed E-state index contributed by atoms with van der Waals surface area (Å²) in [7, 11) is 0. The zero-order chi connectivity index (χ0) is 42.5. The molecular formula is C61H43N3. The highest BCUT2D eigenvalue weighted by Crippen LogP contribution is 2.57. The van der Waals surface area contributed by atoms with E-state index in [1.54, 1.807) is 0 Å². The second-order valence-electron chi connectivity index (χ2n) is 16.5. The van der Waals surface area contributed by atoms with Crippen LogP contribution in [0.5, 0.6) is 0 Å². The molecule has 0 amide bonds. The molecule has 0 atom stereocenters. The Balaban J connectivity index is 1.02. The third-order valence-electron chi connectivity index (χ3n) is 13.0. The van der Waals surface area contributed by atoms with Gasteiger partial charge in [0.25, 0.3) is 0 Å². The molecule has 2 heterocycles. The standard InChI is InChI=1S/C61H43N3/c1-4-18-44(19-5-1)46-32-36-49(37-33-46)62(50-38-34-47(35-39-50)45-20-6-2-7-21-45)51-40-42-52(43-41-51)63-59-30-16-12-26-55(59)61(48-22-8-3-9-23-48,56-27-13-17-31-60(56)63)64-57-28-14-10-24-53(57)54-25-11-15-29-58(54)64/h1-43H.